The van der Waals surface area contributed by atoms with Crippen LogP contribution in [0.5, 0.6) is 0 Å². The average molecular weight is 399 g/mol. The van der Waals surface area contributed by atoms with Crippen LogP contribution in [0.1, 0.15) is 25.3 Å². The van der Waals surface area contributed by atoms with Gasteiger partial charge in [0.25, 0.3) is 11.6 Å². The molecular weight excluding hydrogens is 378 g/mol. The van der Waals surface area contributed by atoms with Crippen LogP contribution >= 0.6 is 0 Å². The predicted octanol–water partition coefficient (Wildman–Crippen LogP) is 3.06. The van der Waals surface area contributed by atoms with Crippen LogP contribution in [0.25, 0.3) is 0 Å². The Kier molecular flexibility index (Phi) is 7.84. The van der Waals surface area contributed by atoms with Gasteiger partial charge < -0.3 is 15.4 Å². The Labute approximate surface area is 167 Å². The number of hydrogen-bond acceptors (Lipinski definition) is 6. The predicted molar refractivity (Wildman–Crippen MR) is 106 cm³/mol. The Balaban J connectivity index is 1.70. The number of carbonyl (C=O) groups is 3. The lowest BCUT2D eigenvalue weighted by atomic mass is 10.1. The molecule has 2 N–H and O–H groups in total. The van der Waals surface area contributed by atoms with Gasteiger partial charge in [-0.2, -0.15) is 0 Å². The molecule has 2 aromatic carbocycles. The van der Waals surface area contributed by atoms with Crippen molar-refractivity contribution in [3.63, 3.8) is 0 Å². The third kappa shape index (κ3) is 7.41. The quantitative estimate of drug-likeness (QED) is 0.379. The van der Waals surface area contributed by atoms with Gasteiger partial charge in [0.2, 0.25) is 5.91 Å². The molecule has 0 saturated carbocycles. The van der Waals surface area contributed by atoms with E-state index in [2.05, 4.69) is 10.6 Å². The maximum absolute atomic E-state index is 11.9. The number of nitro groups is 1. The molecule has 2 rings (SSSR count). The van der Waals surface area contributed by atoms with Crippen LogP contribution in [0.3, 0.4) is 0 Å². The molecule has 0 unspecified atom stereocenters. The van der Waals surface area contributed by atoms with E-state index in [-0.39, 0.29) is 24.2 Å². The molecular formula is C20H21N3O6. The topological polar surface area (TPSA) is 128 Å². The van der Waals surface area contributed by atoms with Crippen molar-refractivity contribution in [1.82, 2.24) is 0 Å². The van der Waals surface area contributed by atoms with E-state index >= 15 is 0 Å². The molecule has 9 nitrogen and oxygen atoms in total. The van der Waals surface area contributed by atoms with Crippen LogP contribution in [0, 0.1) is 10.1 Å². The fourth-order valence-electron chi connectivity index (χ4n) is 2.38. The molecule has 0 spiro atoms. The highest BCUT2D eigenvalue weighted by Crippen LogP contribution is 2.17. The van der Waals surface area contributed by atoms with Gasteiger partial charge in [0.15, 0.2) is 6.61 Å². The average Bonchev–Trinajstić information content (AvgIpc) is 2.71. The molecule has 152 valence electrons. The molecule has 0 aliphatic carbocycles. The maximum Gasteiger partial charge on any atom is 0.306 e. The summed E-state index contributed by atoms with van der Waals surface area (Å²) in [6.45, 7) is 1.57. The molecule has 2 aromatic rings. The van der Waals surface area contributed by atoms with Crippen molar-refractivity contribution in [2.45, 2.75) is 26.2 Å². The highest BCUT2D eigenvalue weighted by atomic mass is 16.6. The van der Waals surface area contributed by atoms with E-state index in [1.54, 1.807) is 12.1 Å². The first-order chi connectivity index (χ1) is 13.9. The third-order valence-corrected chi connectivity index (χ3v) is 3.91. The zero-order chi connectivity index (χ0) is 21.2. The maximum atomic E-state index is 11.9. The number of aryl methyl sites for hydroxylation is 1. The van der Waals surface area contributed by atoms with Crippen molar-refractivity contribution in [1.29, 1.82) is 0 Å². The minimum absolute atomic E-state index is 0.155. The zero-order valence-electron chi connectivity index (χ0n) is 15.8. The minimum Gasteiger partial charge on any atom is -0.456 e. The first-order valence-electron chi connectivity index (χ1n) is 8.96. The number of anilines is 2. The summed E-state index contributed by atoms with van der Waals surface area (Å²) in [5.74, 6) is -1.68. The highest BCUT2D eigenvalue weighted by molar-refractivity contribution is 5.94. The van der Waals surface area contributed by atoms with Gasteiger partial charge in [0.1, 0.15) is 0 Å². The number of esters is 1. The summed E-state index contributed by atoms with van der Waals surface area (Å²) in [6.07, 6.45) is 0.488. The van der Waals surface area contributed by atoms with Gasteiger partial charge in [0.05, 0.1) is 11.3 Å². The van der Waals surface area contributed by atoms with Gasteiger partial charge in [-0.3, -0.25) is 24.5 Å². The second-order valence-corrected chi connectivity index (χ2v) is 6.11. The normalized spacial score (nSPS) is 10.1. The lowest BCUT2D eigenvalue weighted by Gasteiger charge is -2.08. The fraction of sp³-hybridized carbons (Fsp3) is 0.250. The summed E-state index contributed by atoms with van der Waals surface area (Å²) >= 11 is 0. The summed E-state index contributed by atoms with van der Waals surface area (Å²) in [4.78, 5) is 45.5. The molecule has 0 heterocycles. The van der Waals surface area contributed by atoms with Gasteiger partial charge >= 0.3 is 5.97 Å². The number of rotatable bonds is 9. The molecule has 9 heteroatoms. The number of benzene rings is 2. The number of amides is 2. The zero-order valence-corrected chi connectivity index (χ0v) is 15.8. The van der Waals surface area contributed by atoms with Crippen LogP contribution in [0.15, 0.2) is 48.5 Å². The molecule has 0 radical (unpaired) electrons. The molecule has 0 fully saturated rings. The Morgan fingerprint density at radius 2 is 1.66 bits per heavy atom. The Bertz CT molecular complexity index is 895. The van der Waals surface area contributed by atoms with Crippen molar-refractivity contribution >= 4 is 34.8 Å². The SMILES string of the molecule is CCc1ccc(NC(=O)COC(=O)CCC(=O)Nc2cccc([N+](=O)[O-])c2)cc1. The Hall–Kier alpha value is -3.75. The van der Waals surface area contributed by atoms with E-state index in [1.165, 1.54) is 24.3 Å². The van der Waals surface area contributed by atoms with E-state index in [1.807, 2.05) is 19.1 Å². The lowest BCUT2D eigenvalue weighted by Crippen LogP contribution is -2.21. The van der Waals surface area contributed by atoms with Crippen molar-refractivity contribution in [2.75, 3.05) is 17.2 Å². The Morgan fingerprint density at radius 3 is 2.31 bits per heavy atom. The van der Waals surface area contributed by atoms with Gasteiger partial charge in [0, 0.05) is 29.9 Å². The van der Waals surface area contributed by atoms with E-state index in [9.17, 15) is 24.5 Å². The number of ether oxygens (including phenoxy) is 1. The minimum atomic E-state index is -0.698. The van der Waals surface area contributed by atoms with Crippen molar-refractivity contribution in [3.8, 4) is 0 Å². The molecule has 0 bridgehead atoms. The number of nitrogens with zero attached hydrogens (tertiary/aromatic N) is 1. The summed E-state index contributed by atoms with van der Waals surface area (Å²) < 4.78 is 4.85. The van der Waals surface area contributed by atoms with Crippen LogP contribution in [0.4, 0.5) is 17.1 Å². The second kappa shape index (κ2) is 10.5. The van der Waals surface area contributed by atoms with E-state index in [4.69, 9.17) is 4.74 Å². The van der Waals surface area contributed by atoms with E-state index in [0.29, 0.717) is 5.69 Å². The summed E-state index contributed by atoms with van der Waals surface area (Å²) in [6, 6.07) is 12.8. The first kappa shape index (κ1) is 21.5. The van der Waals surface area contributed by atoms with Crippen LogP contribution in [-0.2, 0) is 25.5 Å². The smallest absolute Gasteiger partial charge is 0.306 e. The number of non-ortho nitro benzene ring substituents is 1. The van der Waals surface area contributed by atoms with Crippen LogP contribution in [0.2, 0.25) is 0 Å². The second-order valence-electron chi connectivity index (χ2n) is 6.11. The summed E-state index contributed by atoms with van der Waals surface area (Å²) in [5.41, 5.74) is 1.83. The molecule has 2 amide bonds. The molecule has 0 aliphatic rings. The number of nitro benzene ring substituents is 1. The molecule has 29 heavy (non-hydrogen) atoms. The standard InChI is InChI=1S/C20H21N3O6/c1-2-14-6-8-15(9-7-14)21-19(25)13-29-20(26)11-10-18(24)22-16-4-3-5-17(12-16)23(27)28/h3-9,12H,2,10-11,13H2,1H3,(H,21,25)(H,22,24). The van der Waals surface area contributed by atoms with E-state index < -0.39 is 29.3 Å². The third-order valence-electron chi connectivity index (χ3n) is 3.91. The number of carbonyl (C=O) groups excluding carboxylic acids is 3. The fourth-order valence-corrected chi connectivity index (χ4v) is 2.38. The molecule has 0 saturated heterocycles. The number of hydrogen-bond donors (Lipinski definition) is 2. The van der Waals surface area contributed by atoms with Crippen molar-refractivity contribution in [2.24, 2.45) is 0 Å². The van der Waals surface area contributed by atoms with Crippen LogP contribution in [-0.4, -0.2) is 29.3 Å². The van der Waals surface area contributed by atoms with E-state index in [0.717, 1.165) is 12.0 Å². The summed E-state index contributed by atoms with van der Waals surface area (Å²) in [5, 5.41) is 15.8. The van der Waals surface area contributed by atoms with Gasteiger partial charge in [-0.05, 0) is 30.2 Å². The molecule has 0 aliphatic heterocycles. The highest BCUT2D eigenvalue weighted by Gasteiger charge is 2.12. The number of nitrogens with one attached hydrogen (secondary N) is 2. The Morgan fingerprint density at radius 1 is 0.966 bits per heavy atom. The van der Waals surface area contributed by atoms with Gasteiger partial charge in [-0.25, -0.2) is 0 Å². The van der Waals surface area contributed by atoms with Crippen molar-refractivity contribution < 1.29 is 24.0 Å². The van der Waals surface area contributed by atoms with Gasteiger partial charge in [-0.1, -0.05) is 25.1 Å². The lowest BCUT2D eigenvalue weighted by molar-refractivity contribution is -0.384. The largest absolute Gasteiger partial charge is 0.456 e. The van der Waals surface area contributed by atoms with Gasteiger partial charge in [-0.15, -0.1) is 0 Å². The molecule has 0 atom stereocenters. The monoisotopic (exact) mass is 399 g/mol. The first-order valence-corrected chi connectivity index (χ1v) is 8.96. The molecule has 0 aromatic heterocycles. The summed E-state index contributed by atoms with van der Waals surface area (Å²) in [7, 11) is 0. The van der Waals surface area contributed by atoms with Crippen molar-refractivity contribution in [3.05, 3.63) is 64.2 Å². The van der Waals surface area contributed by atoms with Crippen LogP contribution < -0.4 is 10.6 Å².